The summed E-state index contributed by atoms with van der Waals surface area (Å²) in [5, 5.41) is 1.62. The van der Waals surface area contributed by atoms with E-state index >= 15 is 0 Å². The zero-order valence-electron chi connectivity index (χ0n) is 11.5. The van der Waals surface area contributed by atoms with E-state index in [9.17, 15) is 4.79 Å². The topological polar surface area (TPSA) is 31.2 Å². The summed E-state index contributed by atoms with van der Waals surface area (Å²) in [4.78, 5) is 17.7. The average molecular weight is 265 g/mol. The van der Waals surface area contributed by atoms with E-state index < -0.39 is 0 Å². The monoisotopic (exact) mass is 265 g/mol. The number of pyridine rings is 1. The van der Waals surface area contributed by atoms with Gasteiger partial charge in [-0.15, -0.1) is 4.73 Å². The highest BCUT2D eigenvalue weighted by molar-refractivity contribution is 5.97. The molecule has 0 aliphatic carbocycles. The lowest BCUT2D eigenvalue weighted by Crippen LogP contribution is -2.27. The van der Waals surface area contributed by atoms with Crippen LogP contribution in [0.25, 0.3) is 21.9 Å². The molecule has 1 heterocycles. The molecule has 0 radical (unpaired) electrons. The lowest BCUT2D eigenvalue weighted by atomic mass is 9.98. The van der Waals surface area contributed by atoms with Crippen molar-refractivity contribution in [3.05, 3.63) is 70.6 Å². The summed E-state index contributed by atoms with van der Waals surface area (Å²) in [6.07, 6.45) is 0. The third-order valence-electron chi connectivity index (χ3n) is 3.52. The minimum atomic E-state index is -0.125. The second-order valence-corrected chi connectivity index (χ2v) is 4.65. The Bertz CT molecular complexity index is 820. The quantitative estimate of drug-likeness (QED) is 0.713. The smallest absolute Gasteiger partial charge is 0.291 e. The molecule has 0 saturated carbocycles. The van der Waals surface area contributed by atoms with Gasteiger partial charge in [0, 0.05) is 5.56 Å². The lowest BCUT2D eigenvalue weighted by molar-refractivity contribution is 0.153. The van der Waals surface area contributed by atoms with E-state index in [4.69, 9.17) is 4.84 Å². The van der Waals surface area contributed by atoms with Gasteiger partial charge < -0.3 is 4.84 Å². The Kier molecular flexibility index (Phi) is 3.03. The molecule has 1 aromatic heterocycles. The first-order chi connectivity index (χ1) is 9.74. The van der Waals surface area contributed by atoms with Gasteiger partial charge in [0.05, 0.1) is 11.1 Å². The van der Waals surface area contributed by atoms with Crippen LogP contribution in [0.3, 0.4) is 0 Å². The van der Waals surface area contributed by atoms with Gasteiger partial charge >= 0.3 is 0 Å². The minimum Gasteiger partial charge on any atom is -0.414 e. The van der Waals surface area contributed by atoms with Gasteiger partial charge in [-0.05, 0) is 23.9 Å². The summed E-state index contributed by atoms with van der Waals surface area (Å²) in [7, 11) is 1.51. The van der Waals surface area contributed by atoms with E-state index in [1.807, 2.05) is 61.5 Å². The van der Waals surface area contributed by atoms with Crippen molar-refractivity contribution in [3.8, 4) is 11.1 Å². The molecule has 20 heavy (non-hydrogen) atoms. The molecule has 0 N–H and O–H groups in total. The highest BCUT2D eigenvalue weighted by Crippen LogP contribution is 2.29. The highest BCUT2D eigenvalue weighted by atomic mass is 16.6. The van der Waals surface area contributed by atoms with Gasteiger partial charge in [0.15, 0.2) is 0 Å². The lowest BCUT2D eigenvalue weighted by Gasteiger charge is -2.15. The SMILES string of the molecule is COn1c(C)c(-c2ccccc2)c2ccccc2c1=O. The molecule has 0 aliphatic heterocycles. The molecule has 3 heteroatoms. The van der Waals surface area contributed by atoms with Crippen LogP contribution in [-0.2, 0) is 0 Å². The molecule has 0 atom stereocenters. The molecule has 0 amide bonds. The zero-order chi connectivity index (χ0) is 14.1. The normalized spacial score (nSPS) is 10.7. The molecule has 0 unspecified atom stereocenters. The van der Waals surface area contributed by atoms with Gasteiger partial charge in [-0.3, -0.25) is 4.79 Å². The van der Waals surface area contributed by atoms with Crippen molar-refractivity contribution in [1.82, 2.24) is 4.73 Å². The van der Waals surface area contributed by atoms with Gasteiger partial charge in [-0.1, -0.05) is 48.5 Å². The fourth-order valence-corrected chi connectivity index (χ4v) is 2.63. The van der Waals surface area contributed by atoms with Crippen molar-refractivity contribution in [3.63, 3.8) is 0 Å². The second-order valence-electron chi connectivity index (χ2n) is 4.65. The molecule has 0 spiro atoms. The Morgan fingerprint density at radius 3 is 2.15 bits per heavy atom. The van der Waals surface area contributed by atoms with Crippen LogP contribution < -0.4 is 10.4 Å². The van der Waals surface area contributed by atoms with Gasteiger partial charge in [0.25, 0.3) is 5.56 Å². The predicted molar refractivity (Wildman–Crippen MR) is 80.9 cm³/mol. The molecule has 0 fully saturated rings. The van der Waals surface area contributed by atoms with Gasteiger partial charge in [0.1, 0.15) is 7.11 Å². The van der Waals surface area contributed by atoms with E-state index in [0.717, 1.165) is 22.2 Å². The van der Waals surface area contributed by atoms with Crippen LogP contribution in [0, 0.1) is 6.92 Å². The van der Waals surface area contributed by atoms with E-state index in [-0.39, 0.29) is 5.56 Å². The van der Waals surface area contributed by atoms with Crippen molar-refractivity contribution >= 4 is 10.8 Å². The standard InChI is InChI=1S/C17H15NO2/c1-12-16(13-8-4-3-5-9-13)14-10-6-7-11-15(14)17(19)18(12)20-2/h3-11H,1-2H3. The van der Waals surface area contributed by atoms with Crippen LogP contribution in [0.4, 0.5) is 0 Å². The first-order valence-corrected chi connectivity index (χ1v) is 6.48. The van der Waals surface area contributed by atoms with Crippen LogP contribution in [0.15, 0.2) is 59.4 Å². The summed E-state index contributed by atoms with van der Waals surface area (Å²) >= 11 is 0. The number of hydrogen-bond donors (Lipinski definition) is 0. The maximum Gasteiger partial charge on any atom is 0.291 e. The van der Waals surface area contributed by atoms with Crippen molar-refractivity contribution in [1.29, 1.82) is 0 Å². The van der Waals surface area contributed by atoms with E-state index in [2.05, 4.69) is 0 Å². The number of nitrogens with zero attached hydrogens (tertiary/aromatic N) is 1. The Balaban J connectivity index is 2.51. The number of benzene rings is 2. The van der Waals surface area contributed by atoms with Crippen molar-refractivity contribution in [2.24, 2.45) is 0 Å². The third-order valence-corrected chi connectivity index (χ3v) is 3.52. The first kappa shape index (κ1) is 12.5. The van der Waals surface area contributed by atoms with Crippen LogP contribution in [0.2, 0.25) is 0 Å². The van der Waals surface area contributed by atoms with Crippen LogP contribution in [0.1, 0.15) is 5.69 Å². The van der Waals surface area contributed by atoms with E-state index in [1.165, 1.54) is 11.8 Å². The second kappa shape index (κ2) is 4.85. The number of rotatable bonds is 2. The van der Waals surface area contributed by atoms with Crippen molar-refractivity contribution in [2.45, 2.75) is 6.92 Å². The molecule has 0 bridgehead atoms. The number of fused-ring (bicyclic) bond motifs is 1. The average Bonchev–Trinajstić information content (AvgIpc) is 2.49. The molecule has 3 nitrogen and oxygen atoms in total. The third kappa shape index (κ3) is 1.79. The largest absolute Gasteiger partial charge is 0.414 e. The Labute approximate surface area is 117 Å². The van der Waals surface area contributed by atoms with Crippen LogP contribution in [0.5, 0.6) is 0 Å². The molecule has 100 valence electrons. The van der Waals surface area contributed by atoms with E-state index in [1.54, 1.807) is 0 Å². The maximum atomic E-state index is 12.4. The molecule has 2 aromatic carbocycles. The van der Waals surface area contributed by atoms with Gasteiger partial charge in [0.2, 0.25) is 0 Å². The summed E-state index contributed by atoms with van der Waals surface area (Å²) in [5.74, 6) is 0. The predicted octanol–water partition coefficient (Wildman–Crippen LogP) is 3.04. The first-order valence-electron chi connectivity index (χ1n) is 6.48. The minimum absolute atomic E-state index is 0.125. The Hall–Kier alpha value is -2.55. The molecular weight excluding hydrogens is 250 g/mol. The van der Waals surface area contributed by atoms with Gasteiger partial charge in [-0.25, -0.2) is 0 Å². The summed E-state index contributed by atoms with van der Waals surface area (Å²) in [5.41, 5.74) is 2.79. The molecule has 0 aliphatic rings. The highest BCUT2D eigenvalue weighted by Gasteiger charge is 2.14. The zero-order valence-corrected chi connectivity index (χ0v) is 11.5. The fraction of sp³-hybridized carbons (Fsp3) is 0.118. The number of aromatic nitrogens is 1. The van der Waals surface area contributed by atoms with E-state index in [0.29, 0.717) is 5.39 Å². The fourth-order valence-electron chi connectivity index (χ4n) is 2.63. The van der Waals surface area contributed by atoms with Crippen molar-refractivity contribution in [2.75, 3.05) is 7.11 Å². The van der Waals surface area contributed by atoms with Gasteiger partial charge in [-0.2, -0.15) is 0 Å². The van der Waals surface area contributed by atoms with Crippen LogP contribution >= 0.6 is 0 Å². The summed E-state index contributed by atoms with van der Waals surface area (Å²) < 4.78 is 1.35. The Morgan fingerprint density at radius 2 is 1.50 bits per heavy atom. The summed E-state index contributed by atoms with van der Waals surface area (Å²) in [6.45, 7) is 1.90. The molecular formula is C17H15NO2. The Morgan fingerprint density at radius 1 is 0.900 bits per heavy atom. The molecule has 3 rings (SSSR count). The van der Waals surface area contributed by atoms with Crippen LogP contribution in [-0.4, -0.2) is 11.8 Å². The molecule has 0 saturated heterocycles. The number of hydrogen-bond acceptors (Lipinski definition) is 2. The maximum absolute atomic E-state index is 12.4. The molecule has 3 aromatic rings. The van der Waals surface area contributed by atoms with Crippen molar-refractivity contribution < 1.29 is 4.84 Å². The summed E-state index contributed by atoms with van der Waals surface area (Å²) in [6, 6.07) is 17.7.